The second kappa shape index (κ2) is 5.54. The summed E-state index contributed by atoms with van der Waals surface area (Å²) in [6.45, 7) is 1.79. The molecule has 0 aromatic heterocycles. The van der Waals surface area contributed by atoms with Crippen LogP contribution < -0.4 is 0 Å². The normalized spacial score (nSPS) is 29.5. The van der Waals surface area contributed by atoms with Crippen LogP contribution in [0.15, 0.2) is 0 Å². The van der Waals surface area contributed by atoms with Crippen LogP contribution in [-0.4, -0.2) is 42.1 Å². The summed E-state index contributed by atoms with van der Waals surface area (Å²) in [5.74, 6) is 0. The highest BCUT2D eigenvalue weighted by molar-refractivity contribution is 9.09. The topological polar surface area (TPSA) is 18.5 Å². The lowest BCUT2D eigenvalue weighted by Crippen LogP contribution is -2.56. The first-order chi connectivity index (χ1) is 8.07. The van der Waals surface area contributed by atoms with Gasteiger partial charge in [0.1, 0.15) is 0 Å². The van der Waals surface area contributed by atoms with E-state index >= 15 is 0 Å². The molecule has 0 saturated heterocycles. The second-order valence-corrected chi connectivity index (χ2v) is 4.99. The molecule has 1 saturated carbocycles. The molecule has 0 bridgehead atoms. The van der Waals surface area contributed by atoms with Crippen molar-refractivity contribution in [2.75, 3.05) is 6.61 Å². The predicted molar refractivity (Wildman–Crippen MR) is 53.5 cm³/mol. The molecule has 0 N–H and O–H groups in total. The van der Waals surface area contributed by atoms with Crippen LogP contribution in [0, 0.1) is 0 Å². The van der Waals surface area contributed by atoms with Gasteiger partial charge in [-0.1, -0.05) is 15.9 Å². The van der Waals surface area contributed by atoms with E-state index in [1.54, 1.807) is 6.92 Å². The van der Waals surface area contributed by atoms with E-state index in [-0.39, 0.29) is 17.9 Å². The Balaban J connectivity index is 2.68. The van der Waals surface area contributed by atoms with Gasteiger partial charge in [0.15, 0.2) is 0 Å². The third kappa shape index (κ3) is 3.74. The van der Waals surface area contributed by atoms with Crippen molar-refractivity contribution in [3.8, 4) is 0 Å². The first kappa shape index (κ1) is 16.0. The quantitative estimate of drug-likeness (QED) is 0.574. The number of hydrogen-bond acceptors (Lipinski definition) is 2. The lowest BCUT2D eigenvalue weighted by Gasteiger charge is -2.42. The van der Waals surface area contributed by atoms with Crippen molar-refractivity contribution >= 4 is 15.9 Å². The fraction of sp³-hybridized carbons (Fsp3) is 1.00. The minimum atomic E-state index is -5.48. The molecule has 0 heterocycles. The maximum atomic E-state index is 12.2. The lowest BCUT2D eigenvalue weighted by atomic mass is 9.91. The molecule has 18 heavy (non-hydrogen) atoms. The Bertz CT molecular complexity index is 265. The van der Waals surface area contributed by atoms with Crippen LogP contribution in [0.3, 0.4) is 0 Å². The van der Waals surface area contributed by atoms with Crippen LogP contribution in [0.2, 0.25) is 0 Å². The molecular weight excluding hydrogens is 334 g/mol. The van der Waals surface area contributed by atoms with E-state index in [0.29, 0.717) is 0 Å². The minimum absolute atomic E-state index is 0.0489. The maximum absolute atomic E-state index is 12.2. The Kier molecular flexibility index (Phi) is 4.93. The lowest BCUT2D eigenvalue weighted by molar-refractivity contribution is -0.342. The maximum Gasteiger partial charge on any atom is 0.423 e. The largest absolute Gasteiger partial charge is 0.423 e. The molecule has 2 nitrogen and oxygen atoms in total. The van der Waals surface area contributed by atoms with Crippen LogP contribution in [0.1, 0.15) is 13.3 Å². The van der Waals surface area contributed by atoms with Crippen molar-refractivity contribution in [2.45, 2.75) is 48.8 Å². The summed E-state index contributed by atoms with van der Waals surface area (Å²) in [5, 5.41) is 0. The number of rotatable bonds is 4. The van der Waals surface area contributed by atoms with Crippen molar-refractivity contribution in [1.29, 1.82) is 0 Å². The summed E-state index contributed by atoms with van der Waals surface area (Å²) in [4.78, 5) is -0.287. The van der Waals surface area contributed by atoms with Gasteiger partial charge in [-0.25, -0.2) is 0 Å². The summed E-state index contributed by atoms with van der Waals surface area (Å²) < 4.78 is 82.7. The Labute approximate surface area is 108 Å². The van der Waals surface area contributed by atoms with Gasteiger partial charge in [0.25, 0.3) is 0 Å². The molecular formula is C9H11BrF6O2. The van der Waals surface area contributed by atoms with Gasteiger partial charge >= 0.3 is 12.4 Å². The van der Waals surface area contributed by atoms with Gasteiger partial charge < -0.3 is 9.47 Å². The van der Waals surface area contributed by atoms with Gasteiger partial charge in [0.05, 0.1) is 12.2 Å². The fourth-order valence-electron chi connectivity index (χ4n) is 1.58. The summed E-state index contributed by atoms with van der Waals surface area (Å²) in [7, 11) is 0. The molecule has 1 aliphatic carbocycles. The fourth-order valence-corrected chi connectivity index (χ4v) is 2.44. The van der Waals surface area contributed by atoms with Gasteiger partial charge in [0, 0.05) is 11.4 Å². The van der Waals surface area contributed by atoms with E-state index in [1.165, 1.54) is 0 Å². The summed E-state index contributed by atoms with van der Waals surface area (Å²) in [6, 6.07) is 0. The first-order valence-electron chi connectivity index (χ1n) is 5.12. The number of ether oxygens (including phenoxy) is 2. The van der Waals surface area contributed by atoms with Gasteiger partial charge in [0.2, 0.25) is 6.10 Å². The number of halogens is 7. The van der Waals surface area contributed by atoms with E-state index in [9.17, 15) is 26.3 Å². The average molecular weight is 345 g/mol. The molecule has 1 aliphatic rings. The molecule has 0 aliphatic heterocycles. The molecule has 108 valence electrons. The van der Waals surface area contributed by atoms with Crippen molar-refractivity contribution in [3.05, 3.63) is 0 Å². The molecule has 0 radical (unpaired) electrons. The SMILES string of the molecule is CCOC1C(Br)CC1OC(C(F)(F)F)C(F)(F)F. The summed E-state index contributed by atoms with van der Waals surface area (Å²) in [5.41, 5.74) is 0. The standard InChI is InChI=1S/C9H11BrF6O2/c1-2-17-6-4(10)3-5(6)18-7(8(11,12)13)9(14,15)16/h4-7H,2-3H2,1H3. The van der Waals surface area contributed by atoms with Gasteiger partial charge in [-0.2, -0.15) is 26.3 Å². The third-order valence-electron chi connectivity index (χ3n) is 2.44. The van der Waals surface area contributed by atoms with Crippen molar-refractivity contribution in [3.63, 3.8) is 0 Å². The molecule has 3 unspecified atom stereocenters. The van der Waals surface area contributed by atoms with Gasteiger partial charge in [-0.15, -0.1) is 0 Å². The van der Waals surface area contributed by atoms with E-state index < -0.39 is 30.7 Å². The molecule has 0 aromatic rings. The van der Waals surface area contributed by atoms with Crippen molar-refractivity contribution in [2.24, 2.45) is 0 Å². The molecule has 0 amide bonds. The van der Waals surface area contributed by atoms with Crippen molar-refractivity contribution in [1.82, 2.24) is 0 Å². The average Bonchev–Trinajstić information content (AvgIpc) is 2.16. The highest BCUT2D eigenvalue weighted by atomic mass is 79.9. The Morgan fingerprint density at radius 3 is 2.00 bits per heavy atom. The first-order valence-corrected chi connectivity index (χ1v) is 6.03. The minimum Gasteiger partial charge on any atom is -0.375 e. The van der Waals surface area contributed by atoms with E-state index in [2.05, 4.69) is 20.7 Å². The third-order valence-corrected chi connectivity index (χ3v) is 3.34. The smallest absolute Gasteiger partial charge is 0.375 e. The molecule has 3 atom stereocenters. The molecule has 1 rings (SSSR count). The molecule has 1 fully saturated rings. The Morgan fingerprint density at radius 2 is 1.67 bits per heavy atom. The second-order valence-electron chi connectivity index (χ2n) is 3.81. The Morgan fingerprint density at radius 1 is 1.17 bits per heavy atom. The molecule has 0 aromatic carbocycles. The zero-order valence-electron chi connectivity index (χ0n) is 9.19. The monoisotopic (exact) mass is 344 g/mol. The van der Waals surface area contributed by atoms with E-state index in [0.717, 1.165) is 0 Å². The predicted octanol–water partition coefficient (Wildman–Crippen LogP) is 3.44. The van der Waals surface area contributed by atoms with Crippen LogP contribution >= 0.6 is 15.9 Å². The van der Waals surface area contributed by atoms with Gasteiger partial charge in [-0.05, 0) is 13.3 Å². The van der Waals surface area contributed by atoms with Gasteiger partial charge in [-0.3, -0.25) is 0 Å². The van der Waals surface area contributed by atoms with E-state index in [1.807, 2.05) is 0 Å². The summed E-state index contributed by atoms with van der Waals surface area (Å²) >= 11 is 3.09. The highest BCUT2D eigenvalue weighted by Crippen LogP contribution is 2.41. The van der Waals surface area contributed by atoms with Crippen LogP contribution in [0.25, 0.3) is 0 Å². The van der Waals surface area contributed by atoms with E-state index in [4.69, 9.17) is 4.74 Å². The Hall–Kier alpha value is -0.0200. The van der Waals surface area contributed by atoms with Crippen LogP contribution in [-0.2, 0) is 9.47 Å². The van der Waals surface area contributed by atoms with Crippen LogP contribution in [0.5, 0.6) is 0 Å². The molecule has 9 heteroatoms. The van der Waals surface area contributed by atoms with Crippen LogP contribution in [0.4, 0.5) is 26.3 Å². The zero-order chi connectivity index (χ0) is 14.1. The summed E-state index contributed by atoms with van der Waals surface area (Å²) in [6.07, 6.45) is -16.7. The molecule has 0 spiro atoms. The number of hydrogen-bond donors (Lipinski definition) is 0. The van der Waals surface area contributed by atoms with Crippen molar-refractivity contribution < 1.29 is 35.8 Å². The zero-order valence-corrected chi connectivity index (χ0v) is 10.8. The number of alkyl halides is 7. The highest BCUT2D eigenvalue weighted by Gasteiger charge is 2.60.